The lowest BCUT2D eigenvalue weighted by atomic mass is 9.97. The quantitative estimate of drug-likeness (QED) is 0.488. The number of hydrogen-bond donors (Lipinski definition) is 0. The zero-order chi connectivity index (χ0) is 25.5. The highest BCUT2D eigenvalue weighted by molar-refractivity contribution is 6.05. The number of esters is 1. The maximum Gasteiger partial charge on any atom is 0.323 e. The number of rotatable bonds is 9. The second-order valence-corrected chi connectivity index (χ2v) is 8.94. The van der Waals surface area contributed by atoms with E-state index in [0.29, 0.717) is 32.6 Å². The highest BCUT2D eigenvalue weighted by atomic mass is 16.5. The van der Waals surface area contributed by atoms with Gasteiger partial charge < -0.3 is 14.2 Å². The van der Waals surface area contributed by atoms with Gasteiger partial charge in [0.05, 0.1) is 38.6 Å². The predicted octanol–water partition coefficient (Wildman–Crippen LogP) is 4.19. The number of ether oxygens (including phenoxy) is 3. The lowest BCUT2D eigenvalue weighted by Crippen LogP contribution is -2.49. The first kappa shape index (κ1) is 25.7. The highest BCUT2D eigenvalue weighted by Gasteiger charge is 2.37. The molecule has 2 aromatic carbocycles. The summed E-state index contributed by atoms with van der Waals surface area (Å²) in [5.41, 5.74) is 2.63. The standard InChI is InChI=1S/C28H35N3O5/c1-4-35-21-15-13-20(14-16-21)25-18-23(22-10-6-7-12-26(22)34-3)29-31(25)27(32)19-30-17-9-8-11-24(30)28(33)36-5-2/h6-7,10,12-16,24-25H,4-5,8-9,11,17-19H2,1-3H3. The van der Waals surface area contributed by atoms with Crippen molar-refractivity contribution in [2.45, 2.75) is 51.6 Å². The zero-order valence-electron chi connectivity index (χ0n) is 21.3. The summed E-state index contributed by atoms with van der Waals surface area (Å²) in [5.74, 6) is 1.10. The fourth-order valence-electron chi connectivity index (χ4n) is 4.93. The first-order valence-electron chi connectivity index (χ1n) is 12.7. The molecular weight excluding hydrogens is 458 g/mol. The summed E-state index contributed by atoms with van der Waals surface area (Å²) in [6.45, 7) is 5.46. The van der Waals surface area contributed by atoms with Gasteiger partial charge in [0.2, 0.25) is 0 Å². The summed E-state index contributed by atoms with van der Waals surface area (Å²) in [7, 11) is 1.63. The number of likely N-dealkylation sites (tertiary alicyclic amines) is 1. The van der Waals surface area contributed by atoms with Crippen molar-refractivity contribution < 1.29 is 23.8 Å². The number of para-hydroxylation sites is 1. The molecule has 8 heteroatoms. The van der Waals surface area contributed by atoms with Gasteiger partial charge in [-0.25, -0.2) is 5.01 Å². The Bertz CT molecular complexity index is 1080. The van der Waals surface area contributed by atoms with E-state index in [9.17, 15) is 9.59 Å². The zero-order valence-corrected chi connectivity index (χ0v) is 21.3. The van der Waals surface area contributed by atoms with E-state index in [1.54, 1.807) is 19.0 Å². The summed E-state index contributed by atoms with van der Waals surface area (Å²) >= 11 is 0. The molecule has 192 valence electrons. The molecule has 0 N–H and O–H groups in total. The number of benzene rings is 2. The lowest BCUT2D eigenvalue weighted by Gasteiger charge is -2.34. The molecule has 2 aliphatic rings. The van der Waals surface area contributed by atoms with Gasteiger partial charge in [0, 0.05) is 12.0 Å². The molecule has 2 heterocycles. The molecule has 2 unspecified atom stereocenters. The molecule has 1 fully saturated rings. The summed E-state index contributed by atoms with van der Waals surface area (Å²) in [4.78, 5) is 28.2. The molecule has 0 saturated carbocycles. The van der Waals surface area contributed by atoms with Crippen LogP contribution in [0.1, 0.15) is 56.7 Å². The molecule has 2 atom stereocenters. The summed E-state index contributed by atoms with van der Waals surface area (Å²) < 4.78 is 16.4. The van der Waals surface area contributed by atoms with Crippen molar-refractivity contribution in [3.63, 3.8) is 0 Å². The molecule has 0 radical (unpaired) electrons. The van der Waals surface area contributed by atoms with Crippen LogP contribution < -0.4 is 9.47 Å². The van der Waals surface area contributed by atoms with Gasteiger partial charge >= 0.3 is 5.97 Å². The van der Waals surface area contributed by atoms with Gasteiger partial charge in [0.15, 0.2) is 0 Å². The average Bonchev–Trinajstić information content (AvgIpc) is 3.35. The molecule has 1 saturated heterocycles. The Balaban J connectivity index is 1.61. The first-order chi connectivity index (χ1) is 17.5. The van der Waals surface area contributed by atoms with Gasteiger partial charge in [-0.1, -0.05) is 30.7 Å². The van der Waals surface area contributed by atoms with E-state index in [-0.39, 0.29) is 24.5 Å². The van der Waals surface area contributed by atoms with Crippen LogP contribution in [0.25, 0.3) is 0 Å². The SMILES string of the molecule is CCOC(=O)C1CCCCN1CC(=O)N1N=C(c2ccccc2OC)CC1c1ccc(OCC)cc1. The van der Waals surface area contributed by atoms with Crippen LogP contribution in [0.4, 0.5) is 0 Å². The van der Waals surface area contributed by atoms with Crippen LogP contribution in [0.5, 0.6) is 11.5 Å². The fraction of sp³-hybridized carbons (Fsp3) is 0.464. The molecule has 2 aliphatic heterocycles. The summed E-state index contributed by atoms with van der Waals surface area (Å²) in [6.07, 6.45) is 3.15. The minimum absolute atomic E-state index is 0.111. The normalized spacial score (nSPS) is 20.1. The van der Waals surface area contributed by atoms with Crippen molar-refractivity contribution in [2.75, 3.05) is 33.4 Å². The maximum atomic E-state index is 13.7. The van der Waals surface area contributed by atoms with Crippen molar-refractivity contribution in [1.82, 2.24) is 9.91 Å². The van der Waals surface area contributed by atoms with E-state index in [2.05, 4.69) is 0 Å². The van der Waals surface area contributed by atoms with Crippen molar-refractivity contribution in [3.8, 4) is 11.5 Å². The fourth-order valence-corrected chi connectivity index (χ4v) is 4.93. The molecule has 36 heavy (non-hydrogen) atoms. The van der Waals surface area contributed by atoms with Gasteiger partial charge in [0.25, 0.3) is 5.91 Å². The second-order valence-electron chi connectivity index (χ2n) is 8.94. The molecule has 4 rings (SSSR count). The van der Waals surface area contributed by atoms with Gasteiger partial charge in [-0.15, -0.1) is 0 Å². The molecule has 8 nitrogen and oxygen atoms in total. The smallest absolute Gasteiger partial charge is 0.323 e. The number of piperidine rings is 1. The summed E-state index contributed by atoms with van der Waals surface area (Å²) in [6, 6.07) is 14.9. The largest absolute Gasteiger partial charge is 0.496 e. The topological polar surface area (TPSA) is 80.7 Å². The third-order valence-electron chi connectivity index (χ3n) is 6.67. The van der Waals surface area contributed by atoms with E-state index < -0.39 is 6.04 Å². The number of hydrazone groups is 1. The van der Waals surface area contributed by atoms with Crippen molar-refractivity contribution in [2.24, 2.45) is 5.10 Å². The van der Waals surface area contributed by atoms with Gasteiger partial charge in [-0.3, -0.25) is 14.5 Å². The van der Waals surface area contributed by atoms with Crippen LogP contribution in [-0.4, -0.2) is 67.0 Å². The number of amides is 1. The van der Waals surface area contributed by atoms with Crippen LogP contribution in [0.15, 0.2) is 53.6 Å². The second kappa shape index (κ2) is 12.0. The predicted molar refractivity (Wildman–Crippen MR) is 137 cm³/mol. The Hall–Kier alpha value is -3.39. The Kier molecular flexibility index (Phi) is 8.59. The Morgan fingerprint density at radius 3 is 2.53 bits per heavy atom. The minimum atomic E-state index is -0.396. The Morgan fingerprint density at radius 1 is 1.03 bits per heavy atom. The first-order valence-corrected chi connectivity index (χ1v) is 12.7. The number of nitrogens with zero attached hydrogens (tertiary/aromatic N) is 3. The van der Waals surface area contributed by atoms with Gasteiger partial charge in [-0.2, -0.15) is 5.10 Å². The third kappa shape index (κ3) is 5.70. The number of carbonyl (C=O) groups excluding carboxylic acids is 2. The molecule has 0 spiro atoms. The van der Waals surface area contributed by atoms with Crippen LogP contribution in [-0.2, 0) is 14.3 Å². The Labute approximate surface area is 212 Å². The number of carbonyl (C=O) groups is 2. The Morgan fingerprint density at radius 2 is 1.81 bits per heavy atom. The van der Waals surface area contributed by atoms with E-state index in [1.165, 1.54) is 0 Å². The molecule has 0 aliphatic carbocycles. The maximum absolute atomic E-state index is 13.7. The molecule has 0 aromatic heterocycles. The van der Waals surface area contributed by atoms with Crippen LogP contribution in [0.2, 0.25) is 0 Å². The minimum Gasteiger partial charge on any atom is -0.496 e. The van der Waals surface area contributed by atoms with Gasteiger partial charge in [0.1, 0.15) is 17.5 Å². The van der Waals surface area contributed by atoms with Crippen molar-refractivity contribution in [3.05, 3.63) is 59.7 Å². The van der Waals surface area contributed by atoms with E-state index in [0.717, 1.165) is 41.2 Å². The molecular formula is C28H35N3O5. The van der Waals surface area contributed by atoms with E-state index in [1.807, 2.05) is 60.4 Å². The highest BCUT2D eigenvalue weighted by Crippen LogP contribution is 2.36. The number of methoxy groups -OCH3 is 1. The third-order valence-corrected chi connectivity index (χ3v) is 6.67. The van der Waals surface area contributed by atoms with Crippen LogP contribution in [0.3, 0.4) is 0 Å². The van der Waals surface area contributed by atoms with Crippen molar-refractivity contribution in [1.29, 1.82) is 0 Å². The molecule has 1 amide bonds. The van der Waals surface area contributed by atoms with E-state index in [4.69, 9.17) is 19.3 Å². The van der Waals surface area contributed by atoms with Crippen LogP contribution in [0, 0.1) is 0 Å². The summed E-state index contributed by atoms with van der Waals surface area (Å²) in [5, 5.41) is 6.38. The monoisotopic (exact) mass is 493 g/mol. The van der Waals surface area contributed by atoms with Crippen molar-refractivity contribution >= 4 is 17.6 Å². The average molecular weight is 494 g/mol. The number of hydrogen-bond acceptors (Lipinski definition) is 7. The molecule has 2 aromatic rings. The van der Waals surface area contributed by atoms with E-state index >= 15 is 0 Å². The van der Waals surface area contributed by atoms with Gasteiger partial charge in [-0.05, 0) is 63.1 Å². The molecule has 0 bridgehead atoms. The van der Waals surface area contributed by atoms with Crippen LogP contribution >= 0.6 is 0 Å². The lowest BCUT2D eigenvalue weighted by molar-refractivity contribution is -0.152.